The molecule has 28 heavy (non-hydrogen) atoms. The lowest BCUT2D eigenvalue weighted by Crippen LogP contribution is -2.42. The third kappa shape index (κ3) is 10.7. The molecule has 2 heterocycles. The van der Waals surface area contributed by atoms with Gasteiger partial charge >= 0.3 is 5.97 Å². The molecule has 2 aliphatic heterocycles. The molecule has 1 atom stereocenters. The van der Waals surface area contributed by atoms with E-state index in [1.165, 1.54) is 13.5 Å². The van der Waals surface area contributed by atoms with Gasteiger partial charge in [0, 0.05) is 32.5 Å². The zero-order chi connectivity index (χ0) is 20.8. The van der Waals surface area contributed by atoms with E-state index in [0.29, 0.717) is 13.0 Å². The molecular formula is C22H44N2O4. The van der Waals surface area contributed by atoms with Crippen molar-refractivity contribution in [2.45, 2.75) is 93.0 Å². The molecule has 0 aromatic carbocycles. The Bertz CT molecular complexity index is 443. The molecule has 0 aromatic rings. The lowest BCUT2D eigenvalue weighted by Gasteiger charge is -2.27. The Morgan fingerprint density at radius 3 is 1.89 bits per heavy atom. The maximum absolute atomic E-state index is 12.2. The van der Waals surface area contributed by atoms with E-state index in [4.69, 9.17) is 4.74 Å². The van der Waals surface area contributed by atoms with E-state index >= 15 is 0 Å². The highest BCUT2D eigenvalue weighted by atomic mass is 16.5. The minimum atomic E-state index is -0.465. The van der Waals surface area contributed by atoms with Crippen molar-refractivity contribution in [2.75, 3.05) is 26.7 Å². The predicted octanol–water partition coefficient (Wildman–Crippen LogP) is 4.27. The van der Waals surface area contributed by atoms with Gasteiger partial charge in [0.15, 0.2) is 0 Å². The highest BCUT2D eigenvalue weighted by Crippen LogP contribution is 2.20. The number of methoxy groups -OCH3 is 1. The van der Waals surface area contributed by atoms with Crippen LogP contribution in [0.5, 0.6) is 0 Å². The van der Waals surface area contributed by atoms with Crippen LogP contribution in [-0.2, 0) is 19.1 Å². The van der Waals surface area contributed by atoms with Crippen LogP contribution in [0, 0.1) is 5.92 Å². The summed E-state index contributed by atoms with van der Waals surface area (Å²) in [6.45, 7) is 12.7. The first kappa shape index (κ1) is 28.6. The van der Waals surface area contributed by atoms with E-state index < -0.39 is 6.04 Å². The molecule has 0 bridgehead atoms. The van der Waals surface area contributed by atoms with Gasteiger partial charge in [-0.15, -0.1) is 0 Å². The lowest BCUT2D eigenvalue weighted by atomic mass is 10.1. The van der Waals surface area contributed by atoms with Crippen LogP contribution in [0.4, 0.5) is 0 Å². The molecule has 6 nitrogen and oxygen atoms in total. The highest BCUT2D eigenvalue weighted by molar-refractivity contribution is 5.88. The molecule has 0 unspecified atom stereocenters. The standard InChI is InChI=1S/C15H24N2O4.C4H10.C2H6.CH4/c1-21-15(20)12-6-5-11-17(12)14(19)8-7-13(18)16-9-3-2-4-10-16;1-4(2)3;1-2;/h12H,2-11H2,1H3;4H,1-3H3;1-2H3;1H4/t12-;;;/m0.../s1. The van der Waals surface area contributed by atoms with Crippen LogP contribution < -0.4 is 0 Å². The van der Waals surface area contributed by atoms with Gasteiger partial charge in [0.2, 0.25) is 11.8 Å². The number of esters is 1. The fraction of sp³-hybridized carbons (Fsp3) is 0.864. The largest absolute Gasteiger partial charge is 0.467 e. The average Bonchev–Trinajstić information content (AvgIpc) is 3.17. The molecule has 166 valence electrons. The Labute approximate surface area is 173 Å². The van der Waals surface area contributed by atoms with Gasteiger partial charge in [0.1, 0.15) is 6.04 Å². The number of nitrogens with zero attached hydrogens (tertiary/aromatic N) is 2. The van der Waals surface area contributed by atoms with Gasteiger partial charge in [-0.2, -0.15) is 0 Å². The van der Waals surface area contributed by atoms with Crippen LogP contribution >= 0.6 is 0 Å². The smallest absolute Gasteiger partial charge is 0.328 e. The second-order valence-electron chi connectivity index (χ2n) is 7.44. The van der Waals surface area contributed by atoms with Crippen molar-refractivity contribution in [3.8, 4) is 0 Å². The van der Waals surface area contributed by atoms with Crippen LogP contribution in [0.2, 0.25) is 0 Å². The lowest BCUT2D eigenvalue weighted by molar-refractivity contribution is -0.151. The van der Waals surface area contributed by atoms with Crippen LogP contribution in [0.3, 0.4) is 0 Å². The van der Waals surface area contributed by atoms with E-state index in [1.54, 1.807) is 4.90 Å². The molecule has 2 fully saturated rings. The monoisotopic (exact) mass is 400 g/mol. The third-order valence-electron chi connectivity index (χ3n) is 4.31. The molecule has 0 saturated carbocycles. The highest BCUT2D eigenvalue weighted by Gasteiger charge is 2.34. The van der Waals surface area contributed by atoms with Gasteiger partial charge < -0.3 is 14.5 Å². The fourth-order valence-corrected chi connectivity index (χ4v) is 3.11. The average molecular weight is 401 g/mol. The SMILES string of the molecule is C.CC.CC(C)C.COC(=O)[C@@H]1CCCN1C(=O)CCC(=O)N1CCCCC1. The molecule has 2 rings (SSSR count). The minimum Gasteiger partial charge on any atom is -0.467 e. The molecule has 0 radical (unpaired) electrons. The number of carbonyl (C=O) groups is 3. The minimum absolute atomic E-state index is 0. The first-order chi connectivity index (χ1) is 12.9. The van der Waals surface area contributed by atoms with Crippen LogP contribution in [0.15, 0.2) is 0 Å². The van der Waals surface area contributed by atoms with Crippen molar-refractivity contribution in [1.82, 2.24) is 9.80 Å². The summed E-state index contributed by atoms with van der Waals surface area (Å²) in [7, 11) is 1.34. The van der Waals surface area contributed by atoms with Crippen LogP contribution in [-0.4, -0.2) is 60.4 Å². The first-order valence-corrected chi connectivity index (χ1v) is 10.5. The Kier molecular flexibility index (Phi) is 16.7. The zero-order valence-corrected chi connectivity index (χ0v) is 18.3. The number of hydrogen-bond donors (Lipinski definition) is 0. The number of carbonyl (C=O) groups excluding carboxylic acids is 3. The summed E-state index contributed by atoms with van der Waals surface area (Å²) in [4.78, 5) is 39.3. The molecule has 0 aromatic heterocycles. The van der Waals surface area contributed by atoms with E-state index in [0.717, 1.165) is 38.3 Å². The molecule has 2 amide bonds. The van der Waals surface area contributed by atoms with Gasteiger partial charge in [-0.3, -0.25) is 9.59 Å². The number of piperidine rings is 1. The first-order valence-electron chi connectivity index (χ1n) is 10.5. The molecule has 0 N–H and O–H groups in total. The number of hydrogen-bond acceptors (Lipinski definition) is 4. The van der Waals surface area contributed by atoms with Crippen molar-refractivity contribution >= 4 is 17.8 Å². The van der Waals surface area contributed by atoms with Gasteiger partial charge in [0.25, 0.3) is 0 Å². The zero-order valence-electron chi connectivity index (χ0n) is 18.3. The summed E-state index contributed by atoms with van der Waals surface area (Å²) >= 11 is 0. The quantitative estimate of drug-likeness (QED) is 0.661. The van der Waals surface area contributed by atoms with Gasteiger partial charge in [0.05, 0.1) is 7.11 Å². The third-order valence-corrected chi connectivity index (χ3v) is 4.31. The maximum Gasteiger partial charge on any atom is 0.328 e. The van der Waals surface area contributed by atoms with Gasteiger partial charge in [-0.25, -0.2) is 4.79 Å². The summed E-state index contributed by atoms with van der Waals surface area (Å²) in [5.74, 6) is 0.410. The van der Waals surface area contributed by atoms with Crippen molar-refractivity contribution in [3.05, 3.63) is 0 Å². The Hall–Kier alpha value is -1.59. The predicted molar refractivity (Wildman–Crippen MR) is 115 cm³/mol. The number of likely N-dealkylation sites (tertiary alicyclic amines) is 2. The fourth-order valence-electron chi connectivity index (χ4n) is 3.11. The number of rotatable bonds is 4. The maximum atomic E-state index is 12.2. The van der Waals surface area contributed by atoms with Crippen LogP contribution in [0.1, 0.15) is 87.0 Å². The molecule has 0 spiro atoms. The summed E-state index contributed by atoms with van der Waals surface area (Å²) in [5, 5.41) is 0. The Balaban J connectivity index is 0. The molecule has 6 heteroatoms. The van der Waals surface area contributed by atoms with E-state index in [2.05, 4.69) is 20.8 Å². The van der Waals surface area contributed by atoms with E-state index in [9.17, 15) is 14.4 Å². The molecule has 0 aliphatic carbocycles. The van der Waals surface area contributed by atoms with Gasteiger partial charge in [-0.1, -0.05) is 42.0 Å². The van der Waals surface area contributed by atoms with E-state index in [1.807, 2.05) is 18.7 Å². The molecular weight excluding hydrogens is 356 g/mol. The number of ether oxygens (including phenoxy) is 1. The Morgan fingerprint density at radius 1 is 0.893 bits per heavy atom. The number of amides is 2. The topological polar surface area (TPSA) is 66.9 Å². The summed E-state index contributed by atoms with van der Waals surface area (Å²) in [5.41, 5.74) is 0. The van der Waals surface area contributed by atoms with Crippen molar-refractivity contribution < 1.29 is 19.1 Å². The van der Waals surface area contributed by atoms with Crippen molar-refractivity contribution in [2.24, 2.45) is 5.92 Å². The van der Waals surface area contributed by atoms with Crippen molar-refractivity contribution in [3.63, 3.8) is 0 Å². The van der Waals surface area contributed by atoms with Crippen molar-refractivity contribution in [1.29, 1.82) is 0 Å². The van der Waals surface area contributed by atoms with Crippen LogP contribution in [0.25, 0.3) is 0 Å². The molecule has 2 saturated heterocycles. The second kappa shape index (κ2) is 16.4. The summed E-state index contributed by atoms with van der Waals surface area (Å²) in [6, 6.07) is -0.465. The summed E-state index contributed by atoms with van der Waals surface area (Å²) < 4.78 is 4.73. The summed E-state index contributed by atoms with van der Waals surface area (Å²) in [6.07, 6.45) is 5.17. The second-order valence-corrected chi connectivity index (χ2v) is 7.44. The molecule has 2 aliphatic rings. The normalized spacial score (nSPS) is 18.2. The Morgan fingerprint density at radius 2 is 1.39 bits per heavy atom. The van der Waals surface area contributed by atoms with E-state index in [-0.39, 0.29) is 38.1 Å². The van der Waals surface area contributed by atoms with Gasteiger partial charge in [-0.05, 0) is 38.0 Å².